The maximum absolute atomic E-state index is 13.4. The van der Waals surface area contributed by atoms with E-state index in [1.807, 2.05) is 12.1 Å². The van der Waals surface area contributed by atoms with Crippen LogP contribution >= 0.6 is 0 Å². The van der Waals surface area contributed by atoms with Gasteiger partial charge in [0.15, 0.2) is 11.6 Å². The van der Waals surface area contributed by atoms with Crippen LogP contribution in [0.1, 0.15) is 5.56 Å². The highest BCUT2D eigenvalue weighted by Crippen LogP contribution is 2.13. The first-order chi connectivity index (χ1) is 9.19. The molecule has 1 heterocycles. The molecule has 2 rings (SSSR count). The van der Waals surface area contributed by atoms with Gasteiger partial charge in [-0.25, -0.2) is 9.37 Å². The van der Waals surface area contributed by atoms with Crippen LogP contribution in [-0.2, 0) is 6.42 Å². The van der Waals surface area contributed by atoms with Gasteiger partial charge >= 0.3 is 0 Å². The molecule has 5 nitrogen and oxygen atoms in total. The van der Waals surface area contributed by atoms with Crippen molar-refractivity contribution >= 4 is 11.8 Å². The lowest BCUT2D eigenvalue weighted by Gasteiger charge is -2.08. The van der Waals surface area contributed by atoms with E-state index in [1.165, 1.54) is 0 Å². The Labute approximate surface area is 110 Å². The van der Waals surface area contributed by atoms with Crippen LogP contribution in [0, 0.1) is 5.82 Å². The Morgan fingerprint density at radius 3 is 2.68 bits per heavy atom. The third-order valence-electron chi connectivity index (χ3n) is 2.61. The molecule has 0 aliphatic rings. The molecule has 0 amide bonds. The van der Waals surface area contributed by atoms with Crippen molar-refractivity contribution in [3.05, 3.63) is 41.8 Å². The van der Waals surface area contributed by atoms with E-state index in [0.29, 0.717) is 18.9 Å². The summed E-state index contributed by atoms with van der Waals surface area (Å²) in [7, 11) is 1.67. The van der Waals surface area contributed by atoms with Gasteiger partial charge in [-0.1, -0.05) is 12.1 Å². The summed E-state index contributed by atoms with van der Waals surface area (Å²) >= 11 is 0. The summed E-state index contributed by atoms with van der Waals surface area (Å²) in [4.78, 5) is 7.76. The minimum absolute atomic E-state index is 0.179. The van der Waals surface area contributed by atoms with Crippen molar-refractivity contribution in [3.8, 4) is 5.75 Å². The van der Waals surface area contributed by atoms with Crippen molar-refractivity contribution in [3.63, 3.8) is 0 Å². The molecule has 0 aliphatic carbocycles. The topological polar surface area (TPSA) is 70.1 Å². The van der Waals surface area contributed by atoms with Crippen molar-refractivity contribution in [2.75, 3.05) is 24.2 Å². The molecule has 100 valence electrons. The van der Waals surface area contributed by atoms with E-state index in [0.717, 1.165) is 11.8 Å². The lowest BCUT2D eigenvalue weighted by atomic mass is 10.1. The lowest BCUT2D eigenvalue weighted by molar-refractivity contribution is 0.475. The molecule has 1 aromatic heterocycles. The Bertz CT molecular complexity index is 545. The highest BCUT2D eigenvalue weighted by atomic mass is 19.1. The molecule has 2 aromatic rings. The fourth-order valence-electron chi connectivity index (χ4n) is 1.60. The van der Waals surface area contributed by atoms with Gasteiger partial charge in [0.25, 0.3) is 0 Å². The number of phenolic OH excluding ortho intramolecular Hbond substituents is 1. The molecule has 19 heavy (non-hydrogen) atoms. The second-order valence-corrected chi connectivity index (χ2v) is 3.98. The number of hydrogen-bond donors (Lipinski definition) is 3. The summed E-state index contributed by atoms with van der Waals surface area (Å²) in [5.41, 5.74) is 1.05. The predicted molar refractivity (Wildman–Crippen MR) is 71.8 cm³/mol. The molecule has 0 unspecified atom stereocenters. The average Bonchev–Trinajstić information content (AvgIpc) is 2.43. The molecule has 0 bridgehead atoms. The molecule has 3 N–H and O–H groups in total. The zero-order valence-electron chi connectivity index (χ0n) is 10.5. The maximum atomic E-state index is 13.4. The third kappa shape index (κ3) is 3.54. The van der Waals surface area contributed by atoms with E-state index in [1.54, 1.807) is 19.2 Å². The zero-order chi connectivity index (χ0) is 13.7. The number of nitrogens with one attached hydrogen (secondary N) is 2. The molecule has 0 radical (unpaired) electrons. The van der Waals surface area contributed by atoms with Crippen LogP contribution in [0.5, 0.6) is 5.75 Å². The number of aromatic hydroxyl groups is 1. The van der Waals surface area contributed by atoms with Crippen LogP contribution in [0.4, 0.5) is 16.2 Å². The summed E-state index contributed by atoms with van der Waals surface area (Å²) < 4.78 is 13.4. The minimum atomic E-state index is -0.482. The van der Waals surface area contributed by atoms with E-state index < -0.39 is 5.82 Å². The summed E-state index contributed by atoms with van der Waals surface area (Å²) in [5, 5.41) is 14.8. The first-order valence-electron chi connectivity index (χ1n) is 5.91. The fourth-order valence-corrected chi connectivity index (χ4v) is 1.60. The number of aromatic nitrogens is 2. The van der Waals surface area contributed by atoms with Gasteiger partial charge in [-0.3, -0.25) is 0 Å². The Hall–Kier alpha value is -2.37. The highest BCUT2D eigenvalue weighted by Gasteiger charge is 2.05. The monoisotopic (exact) mass is 262 g/mol. The van der Waals surface area contributed by atoms with E-state index in [4.69, 9.17) is 5.11 Å². The summed E-state index contributed by atoms with van der Waals surface area (Å²) in [6.07, 6.45) is 1.83. The molecule has 0 saturated heterocycles. The summed E-state index contributed by atoms with van der Waals surface area (Å²) in [6, 6.07) is 6.90. The van der Waals surface area contributed by atoms with Gasteiger partial charge < -0.3 is 15.7 Å². The van der Waals surface area contributed by atoms with Gasteiger partial charge in [-0.2, -0.15) is 4.98 Å². The second kappa shape index (κ2) is 5.99. The van der Waals surface area contributed by atoms with E-state index in [-0.39, 0.29) is 11.6 Å². The van der Waals surface area contributed by atoms with Crippen LogP contribution < -0.4 is 10.6 Å². The van der Waals surface area contributed by atoms with E-state index in [9.17, 15) is 4.39 Å². The number of nitrogens with zero attached hydrogens (tertiary/aromatic N) is 2. The van der Waals surface area contributed by atoms with Gasteiger partial charge in [0.1, 0.15) is 5.75 Å². The summed E-state index contributed by atoms with van der Waals surface area (Å²) in [5.74, 6) is 0.300. The normalized spacial score (nSPS) is 10.2. The first-order valence-corrected chi connectivity index (χ1v) is 5.91. The largest absolute Gasteiger partial charge is 0.508 e. The molecule has 0 fully saturated rings. The average molecular weight is 262 g/mol. The molecular formula is C13H15FN4O. The third-order valence-corrected chi connectivity index (χ3v) is 2.61. The van der Waals surface area contributed by atoms with Crippen LogP contribution in [0.3, 0.4) is 0 Å². The Morgan fingerprint density at radius 1 is 1.26 bits per heavy atom. The minimum Gasteiger partial charge on any atom is -0.508 e. The first kappa shape index (κ1) is 13.1. The van der Waals surface area contributed by atoms with Gasteiger partial charge in [0, 0.05) is 13.6 Å². The Balaban J connectivity index is 1.93. The number of benzene rings is 1. The lowest BCUT2D eigenvalue weighted by Crippen LogP contribution is -2.09. The molecule has 0 spiro atoms. The molecule has 1 aromatic carbocycles. The molecule has 0 atom stereocenters. The van der Waals surface area contributed by atoms with E-state index in [2.05, 4.69) is 20.6 Å². The number of anilines is 2. The predicted octanol–water partition coefficient (Wildman–Crippen LogP) is 2.02. The molecular weight excluding hydrogens is 247 g/mol. The maximum Gasteiger partial charge on any atom is 0.224 e. The van der Waals surface area contributed by atoms with Gasteiger partial charge in [-0.15, -0.1) is 0 Å². The SMILES string of the molecule is CNc1ncc(F)c(NCCc2ccc(O)cc2)n1. The van der Waals surface area contributed by atoms with Crippen molar-refractivity contribution in [1.29, 1.82) is 0 Å². The second-order valence-electron chi connectivity index (χ2n) is 3.98. The summed E-state index contributed by atoms with van der Waals surface area (Å²) in [6.45, 7) is 0.544. The van der Waals surface area contributed by atoms with Gasteiger partial charge in [-0.05, 0) is 24.1 Å². The molecule has 0 aliphatic heterocycles. The number of rotatable bonds is 5. The number of hydrogen-bond acceptors (Lipinski definition) is 5. The van der Waals surface area contributed by atoms with Crippen molar-refractivity contribution < 1.29 is 9.50 Å². The Kier molecular flexibility index (Phi) is 4.12. The number of phenols is 1. The fraction of sp³-hybridized carbons (Fsp3) is 0.231. The molecule has 0 saturated carbocycles. The van der Waals surface area contributed by atoms with Crippen LogP contribution in [0.2, 0.25) is 0 Å². The zero-order valence-corrected chi connectivity index (χ0v) is 10.5. The van der Waals surface area contributed by atoms with Gasteiger partial charge in [0.05, 0.1) is 6.20 Å². The standard InChI is InChI=1S/C13H15FN4O/c1-15-13-17-8-11(14)12(18-13)16-7-6-9-2-4-10(19)5-3-9/h2-5,8,19H,6-7H2,1H3,(H2,15,16,17,18). The molecule has 6 heteroatoms. The van der Waals surface area contributed by atoms with Crippen LogP contribution in [-0.4, -0.2) is 28.7 Å². The van der Waals surface area contributed by atoms with Crippen LogP contribution in [0.25, 0.3) is 0 Å². The van der Waals surface area contributed by atoms with Crippen LogP contribution in [0.15, 0.2) is 30.5 Å². The Morgan fingerprint density at radius 2 is 2.00 bits per heavy atom. The number of halogens is 1. The van der Waals surface area contributed by atoms with E-state index >= 15 is 0 Å². The van der Waals surface area contributed by atoms with Crippen molar-refractivity contribution in [1.82, 2.24) is 9.97 Å². The highest BCUT2D eigenvalue weighted by molar-refractivity contribution is 5.41. The van der Waals surface area contributed by atoms with Crippen molar-refractivity contribution in [2.45, 2.75) is 6.42 Å². The van der Waals surface area contributed by atoms with Crippen molar-refractivity contribution in [2.24, 2.45) is 0 Å². The smallest absolute Gasteiger partial charge is 0.224 e. The quantitative estimate of drug-likeness (QED) is 0.769. The van der Waals surface area contributed by atoms with Gasteiger partial charge in [0.2, 0.25) is 5.95 Å².